The Balaban J connectivity index is 1.42. The summed E-state index contributed by atoms with van der Waals surface area (Å²) in [7, 11) is 0. The van der Waals surface area contributed by atoms with E-state index in [1.807, 2.05) is 32.2 Å². The summed E-state index contributed by atoms with van der Waals surface area (Å²) in [5.74, 6) is 3.43. The van der Waals surface area contributed by atoms with E-state index in [0.29, 0.717) is 12.1 Å². The lowest BCUT2D eigenvalue weighted by molar-refractivity contribution is 0.377. The second kappa shape index (κ2) is 7.92. The zero-order valence-electron chi connectivity index (χ0n) is 15.6. The lowest BCUT2D eigenvalue weighted by Gasteiger charge is -2.34. The van der Waals surface area contributed by atoms with E-state index >= 15 is 0 Å². The minimum atomic E-state index is 0.640. The smallest absolute Gasteiger partial charge is 0.225 e. The van der Waals surface area contributed by atoms with Gasteiger partial charge in [0.2, 0.25) is 5.95 Å². The second-order valence-corrected chi connectivity index (χ2v) is 8.47. The number of nitrogens with zero attached hydrogens (tertiary/aromatic N) is 4. The summed E-state index contributed by atoms with van der Waals surface area (Å²) in [6.07, 6.45) is 5.52. The van der Waals surface area contributed by atoms with Crippen LogP contribution in [-0.4, -0.2) is 51.6 Å². The van der Waals surface area contributed by atoms with Crippen LogP contribution in [0.25, 0.3) is 11.3 Å². The van der Waals surface area contributed by atoms with Gasteiger partial charge in [-0.05, 0) is 57.1 Å². The van der Waals surface area contributed by atoms with Crippen molar-refractivity contribution in [1.82, 2.24) is 20.3 Å². The van der Waals surface area contributed by atoms with Crippen molar-refractivity contribution in [2.75, 3.05) is 29.5 Å². The van der Waals surface area contributed by atoms with Crippen molar-refractivity contribution >= 4 is 17.7 Å². The van der Waals surface area contributed by atoms with Crippen LogP contribution in [0.1, 0.15) is 30.7 Å². The fourth-order valence-electron chi connectivity index (χ4n) is 3.85. The summed E-state index contributed by atoms with van der Waals surface area (Å²) >= 11 is 2.07. The van der Waals surface area contributed by atoms with Crippen molar-refractivity contribution in [2.45, 2.75) is 45.2 Å². The monoisotopic (exact) mass is 369 g/mol. The zero-order valence-corrected chi connectivity index (χ0v) is 16.4. The average Bonchev–Trinajstić information content (AvgIpc) is 3.15. The van der Waals surface area contributed by atoms with E-state index in [-0.39, 0.29) is 0 Å². The van der Waals surface area contributed by atoms with Crippen molar-refractivity contribution < 1.29 is 0 Å². The van der Waals surface area contributed by atoms with Crippen molar-refractivity contribution in [3.8, 4) is 11.3 Å². The van der Waals surface area contributed by atoms with Gasteiger partial charge in [-0.25, -0.2) is 9.97 Å². The molecule has 2 aromatic heterocycles. The Kier molecular flexibility index (Phi) is 5.41. The highest BCUT2D eigenvalue weighted by Crippen LogP contribution is 2.24. The van der Waals surface area contributed by atoms with Gasteiger partial charge in [0.15, 0.2) is 0 Å². The maximum Gasteiger partial charge on any atom is 0.225 e. The van der Waals surface area contributed by atoms with Gasteiger partial charge in [-0.15, -0.1) is 0 Å². The summed E-state index contributed by atoms with van der Waals surface area (Å²) in [5.41, 5.74) is 4.11. The number of hydrogen-bond acceptors (Lipinski definition) is 6. The van der Waals surface area contributed by atoms with Crippen molar-refractivity contribution in [3.63, 3.8) is 0 Å². The number of aryl methyl sites for hydroxylation is 2. The van der Waals surface area contributed by atoms with Gasteiger partial charge in [-0.2, -0.15) is 11.8 Å². The topological polar surface area (TPSA) is 53.9 Å². The molecule has 0 saturated carbocycles. The molecule has 2 fully saturated rings. The number of aromatic nitrogens is 3. The summed E-state index contributed by atoms with van der Waals surface area (Å²) in [6, 6.07) is 7.49. The van der Waals surface area contributed by atoms with Gasteiger partial charge in [0.05, 0.1) is 5.69 Å². The number of nitrogens with one attached hydrogen (secondary N) is 1. The van der Waals surface area contributed by atoms with Gasteiger partial charge in [0.1, 0.15) is 0 Å². The minimum Gasteiger partial charge on any atom is -0.341 e. The highest BCUT2D eigenvalue weighted by molar-refractivity contribution is 7.99. The summed E-state index contributed by atoms with van der Waals surface area (Å²) < 4.78 is 0. The van der Waals surface area contributed by atoms with Gasteiger partial charge in [-0.3, -0.25) is 4.98 Å². The second-order valence-electron chi connectivity index (χ2n) is 7.32. The first-order valence-electron chi connectivity index (χ1n) is 9.55. The maximum atomic E-state index is 4.84. The Morgan fingerprint density at radius 2 is 1.88 bits per heavy atom. The Labute approximate surface area is 160 Å². The molecule has 6 heteroatoms. The van der Waals surface area contributed by atoms with Gasteiger partial charge in [0.25, 0.3) is 0 Å². The molecule has 1 atom stereocenters. The Hall–Kier alpha value is -1.66. The maximum absolute atomic E-state index is 4.84. The highest BCUT2D eigenvalue weighted by atomic mass is 32.2. The Morgan fingerprint density at radius 1 is 1.04 bits per heavy atom. The lowest BCUT2D eigenvalue weighted by atomic mass is 10.0. The molecule has 5 nitrogen and oxygen atoms in total. The van der Waals surface area contributed by atoms with Gasteiger partial charge >= 0.3 is 0 Å². The minimum absolute atomic E-state index is 0.640. The van der Waals surface area contributed by atoms with Crippen LogP contribution in [0.2, 0.25) is 0 Å². The van der Waals surface area contributed by atoms with Crippen molar-refractivity contribution in [3.05, 3.63) is 35.8 Å². The van der Waals surface area contributed by atoms with Crippen LogP contribution in [-0.2, 0) is 0 Å². The zero-order chi connectivity index (χ0) is 17.9. The predicted molar refractivity (Wildman–Crippen MR) is 109 cm³/mol. The molecule has 26 heavy (non-hydrogen) atoms. The molecule has 2 aromatic rings. The third kappa shape index (κ3) is 4.01. The molecule has 138 valence electrons. The average molecular weight is 370 g/mol. The molecule has 1 N–H and O–H groups in total. The quantitative estimate of drug-likeness (QED) is 0.893. The van der Waals surface area contributed by atoms with Crippen LogP contribution in [0.4, 0.5) is 5.95 Å². The van der Waals surface area contributed by atoms with Crippen LogP contribution < -0.4 is 10.2 Å². The number of anilines is 1. The van der Waals surface area contributed by atoms with Crippen molar-refractivity contribution in [2.24, 2.45) is 0 Å². The van der Waals surface area contributed by atoms with Crippen LogP contribution in [0, 0.1) is 13.8 Å². The molecule has 2 saturated heterocycles. The molecule has 4 heterocycles. The van der Waals surface area contributed by atoms with Crippen LogP contribution in [0.3, 0.4) is 0 Å². The van der Waals surface area contributed by atoms with Gasteiger partial charge in [-0.1, -0.05) is 0 Å². The van der Waals surface area contributed by atoms with Gasteiger partial charge in [0, 0.05) is 54.1 Å². The Bertz CT molecular complexity index is 752. The van der Waals surface area contributed by atoms with Crippen molar-refractivity contribution in [1.29, 1.82) is 0 Å². The first-order chi connectivity index (χ1) is 12.7. The number of rotatable bonds is 4. The van der Waals surface area contributed by atoms with E-state index in [1.54, 1.807) is 0 Å². The largest absolute Gasteiger partial charge is 0.341 e. The summed E-state index contributed by atoms with van der Waals surface area (Å²) in [4.78, 5) is 16.3. The molecule has 0 unspecified atom stereocenters. The van der Waals surface area contributed by atoms with E-state index in [1.165, 1.54) is 30.8 Å². The molecular formula is C20H27N5S. The van der Waals surface area contributed by atoms with Crippen LogP contribution in [0.15, 0.2) is 24.4 Å². The molecule has 2 aliphatic heterocycles. The van der Waals surface area contributed by atoms with Crippen LogP contribution in [0.5, 0.6) is 0 Å². The molecule has 0 spiro atoms. The third-order valence-electron chi connectivity index (χ3n) is 5.32. The first-order valence-corrected chi connectivity index (χ1v) is 10.7. The summed E-state index contributed by atoms with van der Waals surface area (Å²) in [6.45, 7) is 6.10. The fraction of sp³-hybridized carbons (Fsp3) is 0.550. The van der Waals surface area contributed by atoms with Gasteiger partial charge < -0.3 is 10.2 Å². The molecule has 0 aliphatic carbocycles. The van der Waals surface area contributed by atoms with Crippen LogP contribution >= 0.6 is 11.8 Å². The standard InChI is InChI=1S/C20H27N5S/c1-14-3-4-18(15(2)22-14)19-5-9-21-20(24-19)25-10-6-16(7-11-25)23-17-8-12-26-13-17/h3-5,9,16-17,23H,6-8,10-13H2,1-2H3/t17-/m0/s1. The van der Waals surface area contributed by atoms with E-state index in [4.69, 9.17) is 4.98 Å². The number of hydrogen-bond donors (Lipinski definition) is 1. The molecule has 2 aliphatic rings. The van der Waals surface area contributed by atoms with E-state index in [0.717, 1.165) is 41.7 Å². The predicted octanol–water partition coefficient (Wildman–Crippen LogP) is 3.22. The first kappa shape index (κ1) is 17.7. The SMILES string of the molecule is Cc1ccc(-c2ccnc(N3CCC(N[C@H]4CCSC4)CC3)n2)c(C)n1. The third-order valence-corrected chi connectivity index (χ3v) is 6.49. The van der Waals surface area contributed by atoms with E-state index in [2.05, 4.69) is 38.0 Å². The molecular weight excluding hydrogens is 342 g/mol. The van der Waals surface area contributed by atoms with E-state index in [9.17, 15) is 0 Å². The molecule has 4 rings (SSSR count). The molecule has 0 bridgehead atoms. The lowest BCUT2D eigenvalue weighted by Crippen LogP contribution is -2.46. The van der Waals surface area contributed by atoms with E-state index < -0.39 is 0 Å². The number of thioether (sulfide) groups is 1. The summed E-state index contributed by atoms with van der Waals surface area (Å²) in [5, 5.41) is 3.84. The fourth-order valence-corrected chi connectivity index (χ4v) is 5.02. The normalized spacial score (nSPS) is 21.3. The molecule has 0 radical (unpaired) electrons. The molecule has 0 aromatic carbocycles. The highest BCUT2D eigenvalue weighted by Gasteiger charge is 2.24. The Morgan fingerprint density at radius 3 is 2.62 bits per heavy atom. The number of pyridine rings is 1. The molecule has 0 amide bonds. The number of piperidine rings is 1.